The monoisotopic (exact) mass is 307 g/mol. The second-order valence-electron chi connectivity index (χ2n) is 5.14. The first-order chi connectivity index (χ1) is 11.2. The molecule has 1 N–H and O–H groups in total. The van der Waals surface area contributed by atoms with Crippen molar-refractivity contribution >= 4 is 5.91 Å². The Hall–Kier alpha value is -3.01. The number of furan rings is 1. The molecule has 0 fully saturated rings. The zero-order valence-electron chi connectivity index (χ0n) is 12.8. The molecule has 1 heterocycles. The molecule has 0 atom stereocenters. The van der Waals surface area contributed by atoms with Crippen LogP contribution >= 0.6 is 0 Å². The van der Waals surface area contributed by atoms with Crippen molar-refractivity contribution in [1.82, 2.24) is 5.32 Å². The predicted molar refractivity (Wildman–Crippen MR) is 87.6 cm³/mol. The molecule has 0 aliphatic carbocycles. The van der Waals surface area contributed by atoms with E-state index in [9.17, 15) is 4.79 Å². The molecular weight excluding hydrogens is 290 g/mol. The molecule has 1 aromatic heterocycles. The number of aryl methyl sites for hydroxylation is 1. The SMILES string of the molecule is Cc1occc1C(=O)NCc1cccc(Oc2ccccc2)c1. The molecule has 0 spiro atoms. The van der Waals surface area contributed by atoms with Gasteiger partial charge in [-0.15, -0.1) is 0 Å². The van der Waals surface area contributed by atoms with Crippen molar-refractivity contribution in [3.05, 3.63) is 83.8 Å². The normalized spacial score (nSPS) is 10.3. The first-order valence-corrected chi connectivity index (χ1v) is 7.36. The number of nitrogens with one attached hydrogen (secondary N) is 1. The average Bonchev–Trinajstić information content (AvgIpc) is 3.00. The zero-order chi connectivity index (χ0) is 16.1. The van der Waals surface area contributed by atoms with Crippen LogP contribution in [0, 0.1) is 6.92 Å². The molecule has 0 aliphatic heterocycles. The molecule has 2 aromatic carbocycles. The smallest absolute Gasteiger partial charge is 0.255 e. The number of carbonyl (C=O) groups excluding carboxylic acids is 1. The highest BCUT2D eigenvalue weighted by molar-refractivity contribution is 5.94. The lowest BCUT2D eigenvalue weighted by Crippen LogP contribution is -2.22. The summed E-state index contributed by atoms with van der Waals surface area (Å²) in [6.07, 6.45) is 1.51. The maximum atomic E-state index is 12.1. The second kappa shape index (κ2) is 6.83. The molecular formula is C19H17NO3. The molecule has 0 radical (unpaired) electrons. The van der Waals surface area contributed by atoms with Crippen LogP contribution in [0.3, 0.4) is 0 Å². The standard InChI is InChI=1S/C19H17NO3/c1-14-18(10-11-22-14)19(21)20-13-15-6-5-9-17(12-15)23-16-7-3-2-4-8-16/h2-12H,13H2,1H3,(H,20,21). The van der Waals surface area contributed by atoms with Gasteiger partial charge in [0.05, 0.1) is 11.8 Å². The largest absolute Gasteiger partial charge is 0.469 e. The molecule has 3 aromatic rings. The zero-order valence-corrected chi connectivity index (χ0v) is 12.8. The molecule has 3 rings (SSSR count). The Morgan fingerprint density at radius 2 is 1.83 bits per heavy atom. The Balaban J connectivity index is 1.64. The summed E-state index contributed by atoms with van der Waals surface area (Å²) in [6.45, 7) is 2.19. The molecule has 23 heavy (non-hydrogen) atoms. The van der Waals surface area contributed by atoms with Crippen molar-refractivity contribution in [2.45, 2.75) is 13.5 Å². The van der Waals surface area contributed by atoms with Crippen LogP contribution in [0.25, 0.3) is 0 Å². The first-order valence-electron chi connectivity index (χ1n) is 7.36. The third-order valence-corrected chi connectivity index (χ3v) is 3.43. The van der Waals surface area contributed by atoms with Crippen molar-refractivity contribution in [3.8, 4) is 11.5 Å². The summed E-state index contributed by atoms with van der Waals surface area (Å²) in [7, 11) is 0. The van der Waals surface area contributed by atoms with Crippen LogP contribution in [0.4, 0.5) is 0 Å². The van der Waals surface area contributed by atoms with E-state index in [4.69, 9.17) is 9.15 Å². The quantitative estimate of drug-likeness (QED) is 0.764. The van der Waals surface area contributed by atoms with E-state index in [2.05, 4.69) is 5.32 Å². The summed E-state index contributed by atoms with van der Waals surface area (Å²) >= 11 is 0. The van der Waals surface area contributed by atoms with Gasteiger partial charge in [0, 0.05) is 6.54 Å². The Bertz CT molecular complexity index is 793. The molecule has 4 heteroatoms. The number of ether oxygens (including phenoxy) is 1. The summed E-state index contributed by atoms with van der Waals surface area (Å²) in [4.78, 5) is 12.1. The Morgan fingerprint density at radius 1 is 1.04 bits per heavy atom. The van der Waals surface area contributed by atoms with Gasteiger partial charge in [0.15, 0.2) is 0 Å². The average molecular weight is 307 g/mol. The van der Waals surface area contributed by atoms with E-state index in [-0.39, 0.29) is 5.91 Å². The van der Waals surface area contributed by atoms with Gasteiger partial charge in [-0.3, -0.25) is 4.79 Å². The lowest BCUT2D eigenvalue weighted by atomic mass is 10.2. The summed E-state index contributed by atoms with van der Waals surface area (Å²) in [5.74, 6) is 1.99. The van der Waals surface area contributed by atoms with E-state index >= 15 is 0 Å². The fourth-order valence-electron chi connectivity index (χ4n) is 2.24. The Labute approximate surface area is 134 Å². The number of hydrogen-bond donors (Lipinski definition) is 1. The highest BCUT2D eigenvalue weighted by Gasteiger charge is 2.10. The topological polar surface area (TPSA) is 51.5 Å². The van der Waals surface area contributed by atoms with Crippen LogP contribution in [-0.4, -0.2) is 5.91 Å². The van der Waals surface area contributed by atoms with Crippen LogP contribution in [0.15, 0.2) is 71.3 Å². The van der Waals surface area contributed by atoms with Crippen LogP contribution in [0.2, 0.25) is 0 Å². The Kier molecular flexibility index (Phi) is 4.43. The third-order valence-electron chi connectivity index (χ3n) is 3.43. The van der Waals surface area contributed by atoms with E-state index in [0.717, 1.165) is 17.1 Å². The van der Waals surface area contributed by atoms with Gasteiger partial charge in [0.1, 0.15) is 17.3 Å². The van der Waals surface area contributed by atoms with E-state index in [0.29, 0.717) is 17.9 Å². The summed E-state index contributed by atoms with van der Waals surface area (Å²) < 4.78 is 10.9. The van der Waals surface area contributed by atoms with E-state index in [1.807, 2.05) is 54.6 Å². The van der Waals surface area contributed by atoms with Gasteiger partial charge in [0.25, 0.3) is 5.91 Å². The summed E-state index contributed by atoms with van der Waals surface area (Å²) in [5.41, 5.74) is 1.52. The highest BCUT2D eigenvalue weighted by atomic mass is 16.5. The number of rotatable bonds is 5. The van der Waals surface area contributed by atoms with Gasteiger partial charge in [-0.1, -0.05) is 30.3 Å². The first kappa shape index (κ1) is 14.9. The maximum Gasteiger partial charge on any atom is 0.255 e. The highest BCUT2D eigenvalue weighted by Crippen LogP contribution is 2.21. The minimum absolute atomic E-state index is 0.148. The molecule has 0 saturated carbocycles. The third kappa shape index (κ3) is 3.80. The van der Waals surface area contributed by atoms with Crippen molar-refractivity contribution in [1.29, 1.82) is 0 Å². The van der Waals surface area contributed by atoms with E-state index < -0.39 is 0 Å². The second-order valence-corrected chi connectivity index (χ2v) is 5.14. The van der Waals surface area contributed by atoms with E-state index in [1.54, 1.807) is 13.0 Å². The van der Waals surface area contributed by atoms with Gasteiger partial charge in [0.2, 0.25) is 0 Å². The maximum absolute atomic E-state index is 12.1. The van der Waals surface area contributed by atoms with Crippen molar-refractivity contribution in [2.24, 2.45) is 0 Å². The summed E-state index contributed by atoms with van der Waals surface area (Å²) in [6, 6.07) is 18.9. The molecule has 1 amide bonds. The lowest BCUT2D eigenvalue weighted by Gasteiger charge is -2.08. The van der Waals surface area contributed by atoms with Crippen LogP contribution < -0.4 is 10.1 Å². The van der Waals surface area contributed by atoms with Crippen molar-refractivity contribution < 1.29 is 13.9 Å². The summed E-state index contributed by atoms with van der Waals surface area (Å²) in [5, 5.41) is 2.88. The van der Waals surface area contributed by atoms with Gasteiger partial charge in [-0.05, 0) is 42.8 Å². The molecule has 116 valence electrons. The van der Waals surface area contributed by atoms with Crippen LogP contribution in [-0.2, 0) is 6.54 Å². The molecule has 0 aliphatic rings. The van der Waals surface area contributed by atoms with Gasteiger partial charge in [-0.25, -0.2) is 0 Å². The van der Waals surface area contributed by atoms with E-state index in [1.165, 1.54) is 6.26 Å². The lowest BCUT2D eigenvalue weighted by molar-refractivity contribution is 0.0949. The molecule has 0 bridgehead atoms. The number of amides is 1. The van der Waals surface area contributed by atoms with Gasteiger partial charge < -0.3 is 14.5 Å². The predicted octanol–water partition coefficient (Wildman–Crippen LogP) is 4.31. The fourth-order valence-corrected chi connectivity index (χ4v) is 2.24. The van der Waals surface area contributed by atoms with Crippen molar-refractivity contribution in [2.75, 3.05) is 0 Å². The number of hydrogen-bond acceptors (Lipinski definition) is 3. The number of benzene rings is 2. The number of para-hydroxylation sites is 1. The van der Waals surface area contributed by atoms with Gasteiger partial charge in [-0.2, -0.15) is 0 Å². The number of carbonyl (C=O) groups is 1. The van der Waals surface area contributed by atoms with Crippen LogP contribution in [0.5, 0.6) is 11.5 Å². The minimum atomic E-state index is -0.148. The molecule has 4 nitrogen and oxygen atoms in total. The minimum Gasteiger partial charge on any atom is -0.469 e. The molecule has 0 unspecified atom stereocenters. The molecule has 0 saturated heterocycles. The Morgan fingerprint density at radius 3 is 2.57 bits per heavy atom. The fraction of sp³-hybridized carbons (Fsp3) is 0.105. The van der Waals surface area contributed by atoms with Crippen LogP contribution in [0.1, 0.15) is 21.7 Å². The van der Waals surface area contributed by atoms with Crippen molar-refractivity contribution in [3.63, 3.8) is 0 Å². The van der Waals surface area contributed by atoms with Gasteiger partial charge >= 0.3 is 0 Å².